The van der Waals surface area contributed by atoms with E-state index in [-0.39, 0.29) is 18.2 Å². The van der Waals surface area contributed by atoms with Crippen molar-refractivity contribution in [1.29, 1.82) is 0 Å². The van der Waals surface area contributed by atoms with Crippen molar-refractivity contribution < 1.29 is 23.1 Å². The van der Waals surface area contributed by atoms with Gasteiger partial charge in [-0.2, -0.15) is 13.2 Å². The number of nitrogens with one attached hydrogen (secondary N) is 1. The zero-order valence-corrected chi connectivity index (χ0v) is 15.0. The van der Waals surface area contributed by atoms with Crippen LogP contribution in [-0.2, 0) is 12.7 Å². The number of alkyl halides is 3. The molecule has 3 aromatic rings. The van der Waals surface area contributed by atoms with Crippen LogP contribution in [0.25, 0.3) is 10.6 Å². The van der Waals surface area contributed by atoms with Crippen LogP contribution in [0.2, 0.25) is 0 Å². The number of aryl methyl sites for hydroxylation is 1. The normalized spacial score (nSPS) is 11.4. The van der Waals surface area contributed by atoms with Crippen molar-refractivity contribution in [2.75, 3.05) is 0 Å². The zero-order valence-electron chi connectivity index (χ0n) is 14.2. The summed E-state index contributed by atoms with van der Waals surface area (Å²) in [5.74, 6) is -0.166. The summed E-state index contributed by atoms with van der Waals surface area (Å²) in [5.41, 5.74) is 1.13. The van der Waals surface area contributed by atoms with Crippen LogP contribution in [0, 0.1) is 6.92 Å². The van der Waals surface area contributed by atoms with Crippen molar-refractivity contribution in [1.82, 2.24) is 10.3 Å². The van der Waals surface area contributed by atoms with Gasteiger partial charge in [0.1, 0.15) is 15.6 Å². The van der Waals surface area contributed by atoms with Gasteiger partial charge in [0, 0.05) is 12.1 Å². The van der Waals surface area contributed by atoms with E-state index in [1.165, 1.54) is 24.3 Å². The number of aromatic nitrogens is 1. The van der Waals surface area contributed by atoms with Gasteiger partial charge in [-0.3, -0.25) is 4.79 Å². The minimum Gasteiger partial charge on any atom is -0.508 e. The van der Waals surface area contributed by atoms with Gasteiger partial charge in [0.2, 0.25) is 0 Å². The monoisotopic (exact) mass is 392 g/mol. The molecule has 2 aromatic carbocycles. The molecule has 0 saturated carbocycles. The summed E-state index contributed by atoms with van der Waals surface area (Å²) in [5, 5.41) is 12.5. The molecule has 0 fully saturated rings. The molecule has 0 unspecified atom stereocenters. The van der Waals surface area contributed by atoms with Crippen LogP contribution in [0.1, 0.15) is 26.5 Å². The maximum atomic E-state index is 12.7. The Balaban J connectivity index is 1.73. The van der Waals surface area contributed by atoms with E-state index in [2.05, 4.69) is 10.3 Å². The Kier molecular flexibility index (Phi) is 5.18. The van der Waals surface area contributed by atoms with Crippen LogP contribution < -0.4 is 5.32 Å². The molecular formula is C19H15F3N2O2S. The number of aromatic hydroxyl groups is 1. The molecule has 0 aliphatic heterocycles. The van der Waals surface area contributed by atoms with Gasteiger partial charge in [-0.05, 0) is 36.8 Å². The molecule has 1 amide bonds. The molecule has 0 spiro atoms. The third-order valence-electron chi connectivity index (χ3n) is 3.85. The fourth-order valence-electron chi connectivity index (χ4n) is 2.41. The van der Waals surface area contributed by atoms with Crippen molar-refractivity contribution in [3.05, 3.63) is 70.2 Å². The smallest absolute Gasteiger partial charge is 0.416 e. The molecular weight excluding hydrogens is 377 g/mol. The summed E-state index contributed by atoms with van der Waals surface area (Å²) < 4.78 is 38.0. The molecule has 0 saturated heterocycles. The van der Waals surface area contributed by atoms with Crippen LogP contribution in [0.5, 0.6) is 5.75 Å². The lowest BCUT2D eigenvalue weighted by atomic mass is 10.1. The summed E-state index contributed by atoms with van der Waals surface area (Å²) in [7, 11) is 0. The number of nitrogens with zero attached hydrogens (tertiary/aromatic N) is 1. The number of carbonyl (C=O) groups is 1. The standard InChI is InChI=1S/C19H15F3N2O2S/c1-11-16(17(26)23-10-12-2-8-15(25)9-3-12)27-18(24-11)13-4-6-14(7-5-13)19(20,21)22/h2-9,25H,10H2,1H3,(H,23,26). The average Bonchev–Trinajstić information content (AvgIpc) is 3.02. The Hall–Kier alpha value is -2.87. The Labute approximate surface area is 157 Å². The SMILES string of the molecule is Cc1nc(-c2ccc(C(F)(F)F)cc2)sc1C(=O)NCc1ccc(O)cc1. The van der Waals surface area contributed by atoms with Crippen molar-refractivity contribution in [3.8, 4) is 16.3 Å². The fraction of sp³-hybridized carbons (Fsp3) is 0.158. The number of amides is 1. The van der Waals surface area contributed by atoms with E-state index in [1.54, 1.807) is 19.1 Å². The molecule has 0 bridgehead atoms. The second kappa shape index (κ2) is 7.40. The molecule has 3 rings (SSSR count). The minimum atomic E-state index is -4.39. The Bertz CT molecular complexity index is 949. The summed E-state index contributed by atoms with van der Waals surface area (Å²) in [6.07, 6.45) is -4.39. The summed E-state index contributed by atoms with van der Waals surface area (Å²) in [6.45, 7) is 1.96. The van der Waals surface area contributed by atoms with Crippen LogP contribution in [0.15, 0.2) is 48.5 Å². The van der Waals surface area contributed by atoms with Crippen LogP contribution in [0.4, 0.5) is 13.2 Å². The Morgan fingerprint density at radius 2 is 1.74 bits per heavy atom. The van der Waals surface area contributed by atoms with Gasteiger partial charge in [0.25, 0.3) is 5.91 Å². The van der Waals surface area contributed by atoms with Gasteiger partial charge in [0.05, 0.1) is 11.3 Å². The molecule has 1 heterocycles. The van der Waals surface area contributed by atoms with Gasteiger partial charge < -0.3 is 10.4 Å². The van der Waals surface area contributed by atoms with Crippen LogP contribution in [0.3, 0.4) is 0 Å². The third-order valence-corrected chi connectivity index (χ3v) is 5.06. The highest BCUT2D eigenvalue weighted by molar-refractivity contribution is 7.17. The molecule has 27 heavy (non-hydrogen) atoms. The number of benzene rings is 2. The van der Waals surface area contributed by atoms with E-state index in [9.17, 15) is 23.1 Å². The highest BCUT2D eigenvalue weighted by atomic mass is 32.1. The van der Waals surface area contributed by atoms with E-state index in [0.29, 0.717) is 21.1 Å². The van der Waals surface area contributed by atoms with E-state index in [1.807, 2.05) is 0 Å². The number of phenols is 1. The first kappa shape index (κ1) is 18.9. The van der Waals surface area contributed by atoms with Gasteiger partial charge >= 0.3 is 6.18 Å². The molecule has 8 heteroatoms. The summed E-state index contributed by atoms with van der Waals surface area (Å²) in [4.78, 5) is 17.1. The molecule has 0 radical (unpaired) electrons. The van der Waals surface area contributed by atoms with Gasteiger partial charge in [-0.15, -0.1) is 11.3 Å². The van der Waals surface area contributed by atoms with Gasteiger partial charge in [-0.1, -0.05) is 24.3 Å². The van der Waals surface area contributed by atoms with Gasteiger partial charge in [-0.25, -0.2) is 4.98 Å². The predicted octanol–water partition coefficient (Wildman–Crippen LogP) is 4.77. The predicted molar refractivity (Wildman–Crippen MR) is 96.6 cm³/mol. The average molecular weight is 392 g/mol. The molecule has 1 aromatic heterocycles. The van der Waals surface area contributed by atoms with Crippen LogP contribution in [-0.4, -0.2) is 16.0 Å². The molecule has 4 nitrogen and oxygen atoms in total. The summed E-state index contributed by atoms with van der Waals surface area (Å²) in [6, 6.07) is 11.1. The Morgan fingerprint density at radius 1 is 1.11 bits per heavy atom. The van der Waals surface area contributed by atoms with E-state index in [4.69, 9.17) is 0 Å². The van der Waals surface area contributed by atoms with E-state index in [0.717, 1.165) is 29.0 Å². The lowest BCUT2D eigenvalue weighted by molar-refractivity contribution is -0.137. The highest BCUT2D eigenvalue weighted by Gasteiger charge is 2.30. The zero-order chi connectivity index (χ0) is 19.6. The number of thiazole rings is 1. The summed E-state index contributed by atoms with van der Waals surface area (Å²) >= 11 is 1.13. The molecule has 2 N–H and O–H groups in total. The number of hydrogen-bond donors (Lipinski definition) is 2. The van der Waals surface area contributed by atoms with Crippen molar-refractivity contribution >= 4 is 17.2 Å². The van der Waals surface area contributed by atoms with E-state index >= 15 is 0 Å². The fourth-order valence-corrected chi connectivity index (χ4v) is 3.40. The number of carbonyl (C=O) groups excluding carboxylic acids is 1. The molecule has 0 aliphatic rings. The maximum absolute atomic E-state index is 12.7. The van der Waals surface area contributed by atoms with Crippen molar-refractivity contribution in [2.45, 2.75) is 19.6 Å². The number of hydrogen-bond acceptors (Lipinski definition) is 4. The first-order chi connectivity index (χ1) is 12.7. The lowest BCUT2D eigenvalue weighted by Crippen LogP contribution is -2.22. The van der Waals surface area contributed by atoms with Crippen molar-refractivity contribution in [3.63, 3.8) is 0 Å². The molecule has 140 valence electrons. The highest BCUT2D eigenvalue weighted by Crippen LogP contribution is 2.33. The first-order valence-electron chi connectivity index (χ1n) is 7.95. The number of rotatable bonds is 4. The second-order valence-electron chi connectivity index (χ2n) is 5.86. The third kappa shape index (κ3) is 4.46. The van der Waals surface area contributed by atoms with Gasteiger partial charge in [0.15, 0.2) is 0 Å². The number of phenolic OH excluding ortho intramolecular Hbond substituents is 1. The van der Waals surface area contributed by atoms with Crippen molar-refractivity contribution in [2.24, 2.45) is 0 Å². The second-order valence-corrected chi connectivity index (χ2v) is 6.86. The minimum absolute atomic E-state index is 0.143. The quantitative estimate of drug-likeness (QED) is 0.672. The lowest BCUT2D eigenvalue weighted by Gasteiger charge is -2.06. The largest absolute Gasteiger partial charge is 0.508 e. The number of halogens is 3. The molecule has 0 atom stereocenters. The molecule has 0 aliphatic carbocycles. The van der Waals surface area contributed by atoms with Crippen LogP contribution >= 0.6 is 11.3 Å². The maximum Gasteiger partial charge on any atom is 0.416 e. The Morgan fingerprint density at radius 3 is 2.33 bits per heavy atom. The first-order valence-corrected chi connectivity index (χ1v) is 8.77. The van der Waals surface area contributed by atoms with E-state index < -0.39 is 11.7 Å². The topological polar surface area (TPSA) is 62.2 Å².